The molecular weight excluding hydrogens is 412 g/mol. The second-order valence-corrected chi connectivity index (χ2v) is 15.8. The number of hydrogen-bond donors (Lipinski definition) is 0. The van der Waals surface area contributed by atoms with E-state index in [2.05, 4.69) is 63.6 Å². The average Bonchev–Trinajstić information content (AvgIpc) is 3.22. The first-order valence-electron chi connectivity index (χ1n) is 11.9. The average molecular weight is 449 g/mol. The third-order valence-electron chi connectivity index (χ3n) is 7.21. The minimum atomic E-state index is -1.86. The monoisotopic (exact) mass is 448 g/mol. The van der Waals surface area contributed by atoms with Crippen molar-refractivity contribution in [1.82, 2.24) is 19.9 Å². The number of nitrogens with zero attached hydrogens (tertiary/aromatic N) is 4. The Hall–Kier alpha value is -2.31. The standard InChI is InChI=1S/C26H36N4OSi/c1-18(2)32(19(3)4,20(5)6)26-28-15-23(31-26)17-30-13-12-24-22(16-30)14-27-25(29-24)21-10-8-7-9-11-21/h7-11,14-15,18-20H,12-13,16-17H2,1-6H3. The lowest BCUT2D eigenvalue weighted by Crippen LogP contribution is -2.56. The molecule has 0 atom stereocenters. The van der Waals surface area contributed by atoms with Crippen molar-refractivity contribution >= 4 is 13.6 Å². The summed E-state index contributed by atoms with van der Waals surface area (Å²) in [6.45, 7) is 16.7. The first kappa shape index (κ1) is 22.9. The number of fused-ring (bicyclic) bond motifs is 1. The molecule has 0 fully saturated rings. The zero-order valence-corrected chi connectivity index (χ0v) is 21.3. The van der Waals surface area contributed by atoms with Crippen molar-refractivity contribution in [3.63, 3.8) is 0 Å². The molecule has 4 rings (SSSR count). The van der Waals surface area contributed by atoms with Gasteiger partial charge in [0.2, 0.25) is 0 Å². The van der Waals surface area contributed by atoms with E-state index >= 15 is 0 Å². The zero-order valence-electron chi connectivity index (χ0n) is 20.3. The number of oxazole rings is 1. The van der Waals surface area contributed by atoms with Crippen LogP contribution in [-0.4, -0.2) is 34.5 Å². The van der Waals surface area contributed by atoms with Gasteiger partial charge >= 0.3 is 0 Å². The number of rotatable bonds is 7. The summed E-state index contributed by atoms with van der Waals surface area (Å²) in [5, 5.41) is 0. The molecule has 0 saturated carbocycles. The zero-order chi connectivity index (χ0) is 22.9. The van der Waals surface area contributed by atoms with E-state index in [0.717, 1.165) is 48.7 Å². The van der Waals surface area contributed by atoms with Crippen LogP contribution in [-0.2, 0) is 19.5 Å². The van der Waals surface area contributed by atoms with Crippen LogP contribution in [0.15, 0.2) is 47.1 Å². The van der Waals surface area contributed by atoms with Gasteiger partial charge in [0.1, 0.15) is 5.76 Å². The Morgan fingerprint density at radius 3 is 2.28 bits per heavy atom. The van der Waals surface area contributed by atoms with Gasteiger partial charge in [0, 0.05) is 36.8 Å². The molecule has 0 aliphatic carbocycles. The van der Waals surface area contributed by atoms with Gasteiger partial charge in [0.15, 0.2) is 19.4 Å². The number of benzene rings is 1. The number of aromatic nitrogens is 3. The lowest BCUT2D eigenvalue weighted by molar-refractivity contribution is 0.225. The fourth-order valence-corrected chi connectivity index (χ4v) is 11.9. The Morgan fingerprint density at radius 2 is 1.62 bits per heavy atom. The molecule has 0 bridgehead atoms. The van der Waals surface area contributed by atoms with Crippen LogP contribution in [0.3, 0.4) is 0 Å². The second kappa shape index (κ2) is 9.28. The highest BCUT2D eigenvalue weighted by Crippen LogP contribution is 2.40. The molecule has 5 nitrogen and oxygen atoms in total. The molecule has 0 unspecified atom stereocenters. The molecule has 1 aliphatic heterocycles. The maximum absolute atomic E-state index is 6.48. The van der Waals surface area contributed by atoms with Crippen LogP contribution in [0.1, 0.15) is 58.6 Å². The molecule has 170 valence electrons. The van der Waals surface area contributed by atoms with E-state index in [-0.39, 0.29) is 0 Å². The third kappa shape index (κ3) is 4.18. The van der Waals surface area contributed by atoms with Gasteiger partial charge < -0.3 is 4.42 Å². The highest BCUT2D eigenvalue weighted by Gasteiger charge is 2.49. The highest BCUT2D eigenvalue weighted by molar-refractivity contribution is 6.93. The van der Waals surface area contributed by atoms with Crippen molar-refractivity contribution < 1.29 is 4.42 Å². The summed E-state index contributed by atoms with van der Waals surface area (Å²) in [6, 6.07) is 10.2. The maximum atomic E-state index is 6.48. The van der Waals surface area contributed by atoms with Gasteiger partial charge in [-0.25, -0.2) is 15.0 Å². The van der Waals surface area contributed by atoms with E-state index in [1.54, 1.807) is 0 Å². The SMILES string of the molecule is CC(C)[Si](c1ncc(CN2CCc3nc(-c4ccccc4)ncc3C2)o1)(C(C)C)C(C)C. The van der Waals surface area contributed by atoms with E-state index in [1.165, 1.54) is 11.3 Å². The minimum Gasteiger partial charge on any atom is -0.449 e. The summed E-state index contributed by atoms with van der Waals surface area (Å²) in [7, 11) is -1.86. The quantitative estimate of drug-likeness (QED) is 0.442. The van der Waals surface area contributed by atoms with Crippen molar-refractivity contribution in [2.24, 2.45) is 0 Å². The lowest BCUT2D eigenvalue weighted by atomic mass is 10.1. The molecule has 1 aromatic carbocycles. The Bertz CT molecular complexity index is 1020. The van der Waals surface area contributed by atoms with Crippen LogP contribution in [0.25, 0.3) is 11.4 Å². The summed E-state index contributed by atoms with van der Waals surface area (Å²) in [6.07, 6.45) is 4.90. The van der Waals surface area contributed by atoms with Gasteiger partial charge in [0.05, 0.1) is 18.4 Å². The van der Waals surface area contributed by atoms with Crippen LogP contribution in [0, 0.1) is 0 Å². The van der Waals surface area contributed by atoms with Gasteiger partial charge in [-0.3, -0.25) is 4.90 Å². The Morgan fingerprint density at radius 1 is 0.938 bits per heavy atom. The molecule has 1 aliphatic rings. The van der Waals surface area contributed by atoms with Crippen LogP contribution in [0.2, 0.25) is 16.6 Å². The van der Waals surface area contributed by atoms with Crippen LogP contribution < -0.4 is 5.51 Å². The van der Waals surface area contributed by atoms with Gasteiger partial charge in [-0.05, 0) is 16.6 Å². The van der Waals surface area contributed by atoms with Gasteiger partial charge in [-0.2, -0.15) is 0 Å². The maximum Gasteiger partial charge on any atom is 0.167 e. The fraction of sp³-hybridized carbons (Fsp3) is 0.500. The summed E-state index contributed by atoms with van der Waals surface area (Å²) in [5.74, 6) is 1.79. The summed E-state index contributed by atoms with van der Waals surface area (Å²) in [5.41, 5.74) is 6.25. The molecule has 2 aromatic heterocycles. The largest absolute Gasteiger partial charge is 0.449 e. The molecule has 0 saturated heterocycles. The summed E-state index contributed by atoms with van der Waals surface area (Å²) >= 11 is 0. The van der Waals surface area contributed by atoms with Gasteiger partial charge in [-0.1, -0.05) is 71.9 Å². The summed E-state index contributed by atoms with van der Waals surface area (Å²) in [4.78, 5) is 16.8. The molecule has 3 aromatic rings. The smallest absolute Gasteiger partial charge is 0.167 e. The van der Waals surface area contributed by atoms with Crippen molar-refractivity contribution in [3.8, 4) is 11.4 Å². The topological polar surface area (TPSA) is 55.1 Å². The summed E-state index contributed by atoms with van der Waals surface area (Å²) < 4.78 is 6.48. The van der Waals surface area contributed by atoms with Crippen LogP contribution >= 0.6 is 0 Å². The second-order valence-electron chi connectivity index (χ2n) is 10.0. The van der Waals surface area contributed by atoms with Crippen molar-refractivity contribution in [2.75, 3.05) is 6.54 Å². The molecule has 0 radical (unpaired) electrons. The first-order chi connectivity index (χ1) is 15.3. The van der Waals surface area contributed by atoms with E-state index < -0.39 is 8.07 Å². The van der Waals surface area contributed by atoms with Crippen LogP contribution in [0.4, 0.5) is 0 Å². The molecule has 0 amide bonds. The van der Waals surface area contributed by atoms with Gasteiger partial charge in [0.25, 0.3) is 0 Å². The third-order valence-corrected chi connectivity index (χ3v) is 13.9. The molecule has 6 heteroatoms. The normalized spacial score (nSPS) is 15.0. The number of hydrogen-bond acceptors (Lipinski definition) is 5. The minimum absolute atomic E-state index is 0.590. The Labute approximate surface area is 193 Å². The van der Waals surface area contributed by atoms with Crippen molar-refractivity contribution in [3.05, 3.63) is 59.7 Å². The van der Waals surface area contributed by atoms with Crippen molar-refractivity contribution in [2.45, 2.75) is 77.7 Å². The lowest BCUT2D eigenvalue weighted by Gasteiger charge is -2.39. The predicted octanol–water partition coefficient (Wildman–Crippen LogP) is 5.58. The fourth-order valence-electron chi connectivity index (χ4n) is 5.78. The Kier molecular flexibility index (Phi) is 6.63. The predicted molar refractivity (Wildman–Crippen MR) is 132 cm³/mol. The van der Waals surface area contributed by atoms with Gasteiger partial charge in [-0.15, -0.1) is 0 Å². The van der Waals surface area contributed by atoms with E-state index in [4.69, 9.17) is 14.4 Å². The highest BCUT2D eigenvalue weighted by atomic mass is 28.3. The van der Waals surface area contributed by atoms with E-state index in [0.29, 0.717) is 16.6 Å². The Balaban J connectivity index is 1.50. The van der Waals surface area contributed by atoms with Crippen molar-refractivity contribution in [1.29, 1.82) is 0 Å². The van der Waals surface area contributed by atoms with Crippen LogP contribution in [0.5, 0.6) is 0 Å². The first-order valence-corrected chi connectivity index (χ1v) is 14.1. The molecule has 3 heterocycles. The van der Waals surface area contributed by atoms with E-state index in [9.17, 15) is 0 Å². The molecule has 0 spiro atoms. The molecule has 32 heavy (non-hydrogen) atoms. The van der Waals surface area contributed by atoms with E-state index in [1.807, 2.05) is 30.6 Å². The molecule has 0 N–H and O–H groups in total. The molecular formula is C26H36N4OSi.